The number of carbonyl (C=O) groups is 2. The zero-order valence-corrected chi connectivity index (χ0v) is 11.6. The standard InChI is InChI=1S/C15H18N2O4/c18-14(21-11-12-6-2-1-3-7-12)16-13-8-4-5-9-17(10-13)15(19)20/h1-7,13H,8-11H2,(H,16,18)(H,19,20). The van der Waals surface area contributed by atoms with Crippen LogP contribution in [0.25, 0.3) is 0 Å². The van der Waals surface area contributed by atoms with Crippen molar-refractivity contribution < 1.29 is 19.4 Å². The topological polar surface area (TPSA) is 78.9 Å². The van der Waals surface area contributed by atoms with E-state index >= 15 is 0 Å². The molecule has 1 atom stereocenters. The third-order valence-corrected chi connectivity index (χ3v) is 3.16. The van der Waals surface area contributed by atoms with Gasteiger partial charge in [0.25, 0.3) is 0 Å². The number of carbonyl (C=O) groups excluding carboxylic acids is 1. The summed E-state index contributed by atoms with van der Waals surface area (Å²) < 4.78 is 5.13. The molecule has 0 bridgehead atoms. The number of hydrogen-bond donors (Lipinski definition) is 2. The van der Waals surface area contributed by atoms with Crippen molar-refractivity contribution in [1.29, 1.82) is 0 Å². The molecule has 0 aromatic heterocycles. The first-order valence-corrected chi connectivity index (χ1v) is 6.75. The highest BCUT2D eigenvalue weighted by molar-refractivity contribution is 5.68. The van der Waals surface area contributed by atoms with Crippen molar-refractivity contribution in [3.63, 3.8) is 0 Å². The zero-order chi connectivity index (χ0) is 15.1. The fourth-order valence-corrected chi connectivity index (χ4v) is 2.07. The van der Waals surface area contributed by atoms with Gasteiger partial charge in [0.15, 0.2) is 0 Å². The average molecular weight is 290 g/mol. The molecule has 0 saturated carbocycles. The number of alkyl carbamates (subject to hydrolysis) is 1. The molecule has 2 N–H and O–H groups in total. The van der Waals surface area contributed by atoms with E-state index in [1.165, 1.54) is 4.90 Å². The van der Waals surface area contributed by atoms with E-state index in [2.05, 4.69) is 5.32 Å². The van der Waals surface area contributed by atoms with Crippen LogP contribution in [0.1, 0.15) is 12.0 Å². The van der Waals surface area contributed by atoms with Crippen LogP contribution in [0.3, 0.4) is 0 Å². The third kappa shape index (κ3) is 4.83. The monoisotopic (exact) mass is 290 g/mol. The van der Waals surface area contributed by atoms with Gasteiger partial charge in [-0.05, 0) is 12.0 Å². The molecular weight excluding hydrogens is 272 g/mol. The van der Waals surface area contributed by atoms with Gasteiger partial charge in [-0.2, -0.15) is 0 Å². The Kier molecular flexibility index (Phi) is 5.20. The Hall–Kier alpha value is -2.50. The van der Waals surface area contributed by atoms with E-state index in [-0.39, 0.29) is 19.2 Å². The quantitative estimate of drug-likeness (QED) is 0.837. The fourth-order valence-electron chi connectivity index (χ4n) is 2.07. The summed E-state index contributed by atoms with van der Waals surface area (Å²) >= 11 is 0. The van der Waals surface area contributed by atoms with E-state index in [4.69, 9.17) is 9.84 Å². The number of nitrogens with one attached hydrogen (secondary N) is 1. The maximum Gasteiger partial charge on any atom is 0.407 e. The predicted octanol–water partition coefficient (Wildman–Crippen LogP) is 2.22. The van der Waals surface area contributed by atoms with Crippen molar-refractivity contribution in [2.45, 2.75) is 19.1 Å². The van der Waals surface area contributed by atoms with Crippen molar-refractivity contribution in [1.82, 2.24) is 10.2 Å². The molecular formula is C15H18N2O4. The van der Waals surface area contributed by atoms with Gasteiger partial charge >= 0.3 is 12.2 Å². The predicted molar refractivity (Wildman–Crippen MR) is 76.9 cm³/mol. The lowest BCUT2D eigenvalue weighted by Crippen LogP contribution is -2.44. The summed E-state index contributed by atoms with van der Waals surface area (Å²) in [6.45, 7) is 0.785. The highest BCUT2D eigenvalue weighted by Crippen LogP contribution is 2.06. The van der Waals surface area contributed by atoms with Crippen LogP contribution in [0.2, 0.25) is 0 Å². The minimum atomic E-state index is -0.994. The Balaban J connectivity index is 1.81. The van der Waals surface area contributed by atoms with Gasteiger partial charge in [-0.15, -0.1) is 0 Å². The van der Waals surface area contributed by atoms with Crippen molar-refractivity contribution in [2.24, 2.45) is 0 Å². The van der Waals surface area contributed by atoms with Crippen molar-refractivity contribution in [2.75, 3.05) is 13.1 Å². The second-order valence-electron chi connectivity index (χ2n) is 4.80. The lowest BCUT2D eigenvalue weighted by molar-refractivity contribution is 0.127. The summed E-state index contributed by atoms with van der Waals surface area (Å²) in [6.07, 6.45) is 2.70. The van der Waals surface area contributed by atoms with Crippen LogP contribution in [-0.2, 0) is 11.3 Å². The van der Waals surface area contributed by atoms with Crippen LogP contribution in [0.5, 0.6) is 0 Å². The van der Waals surface area contributed by atoms with E-state index in [9.17, 15) is 9.59 Å². The van der Waals surface area contributed by atoms with E-state index in [0.29, 0.717) is 13.0 Å². The summed E-state index contributed by atoms with van der Waals surface area (Å²) in [6, 6.07) is 9.10. The van der Waals surface area contributed by atoms with E-state index in [0.717, 1.165) is 5.56 Å². The summed E-state index contributed by atoms with van der Waals surface area (Å²) in [7, 11) is 0. The van der Waals surface area contributed by atoms with E-state index in [1.807, 2.05) is 36.4 Å². The Morgan fingerprint density at radius 2 is 2.05 bits per heavy atom. The molecule has 112 valence electrons. The van der Waals surface area contributed by atoms with E-state index < -0.39 is 12.2 Å². The summed E-state index contributed by atoms with van der Waals surface area (Å²) in [4.78, 5) is 24.0. The molecule has 6 nitrogen and oxygen atoms in total. The lowest BCUT2D eigenvalue weighted by Gasteiger charge is -2.22. The van der Waals surface area contributed by atoms with Crippen LogP contribution in [0, 0.1) is 0 Å². The number of ether oxygens (including phenoxy) is 1. The number of amides is 2. The molecule has 0 fully saturated rings. The molecule has 2 amide bonds. The molecule has 1 unspecified atom stereocenters. The first-order valence-electron chi connectivity index (χ1n) is 6.75. The first kappa shape index (κ1) is 14.9. The summed E-state index contributed by atoms with van der Waals surface area (Å²) in [5.41, 5.74) is 0.903. The Morgan fingerprint density at radius 3 is 2.76 bits per heavy atom. The van der Waals surface area contributed by atoms with Crippen LogP contribution in [-0.4, -0.2) is 41.3 Å². The van der Waals surface area contributed by atoms with Crippen LogP contribution < -0.4 is 5.32 Å². The Morgan fingerprint density at radius 1 is 1.29 bits per heavy atom. The molecule has 1 heterocycles. The molecule has 1 aliphatic rings. The zero-order valence-electron chi connectivity index (χ0n) is 11.6. The van der Waals surface area contributed by atoms with Gasteiger partial charge < -0.3 is 20.1 Å². The van der Waals surface area contributed by atoms with Gasteiger partial charge in [0, 0.05) is 13.1 Å². The molecule has 1 aromatic rings. The largest absolute Gasteiger partial charge is 0.465 e. The third-order valence-electron chi connectivity index (χ3n) is 3.16. The van der Waals surface area contributed by atoms with Crippen LogP contribution in [0.15, 0.2) is 42.5 Å². The van der Waals surface area contributed by atoms with Crippen LogP contribution in [0.4, 0.5) is 9.59 Å². The normalized spacial score (nSPS) is 17.9. The number of nitrogens with zero attached hydrogens (tertiary/aromatic N) is 1. The molecule has 0 spiro atoms. The number of carboxylic acid groups (broad SMARTS) is 1. The average Bonchev–Trinajstić information content (AvgIpc) is 2.72. The molecule has 6 heteroatoms. The number of hydrogen-bond acceptors (Lipinski definition) is 3. The molecule has 2 rings (SSSR count). The van der Waals surface area contributed by atoms with Crippen LogP contribution >= 0.6 is 0 Å². The fraction of sp³-hybridized carbons (Fsp3) is 0.333. The minimum absolute atomic E-state index is 0.192. The SMILES string of the molecule is O=C(NC1CC=CCN(C(=O)O)C1)OCc1ccccc1. The smallest absolute Gasteiger partial charge is 0.407 e. The van der Waals surface area contributed by atoms with Crippen molar-refractivity contribution in [3.05, 3.63) is 48.0 Å². The second kappa shape index (κ2) is 7.33. The highest BCUT2D eigenvalue weighted by atomic mass is 16.5. The van der Waals surface area contributed by atoms with Crippen molar-refractivity contribution >= 4 is 12.2 Å². The van der Waals surface area contributed by atoms with Gasteiger partial charge in [-0.25, -0.2) is 9.59 Å². The van der Waals surface area contributed by atoms with E-state index in [1.54, 1.807) is 6.08 Å². The maximum absolute atomic E-state index is 11.7. The van der Waals surface area contributed by atoms with Gasteiger partial charge in [-0.1, -0.05) is 42.5 Å². The molecule has 21 heavy (non-hydrogen) atoms. The molecule has 1 aromatic carbocycles. The van der Waals surface area contributed by atoms with Gasteiger partial charge in [0.1, 0.15) is 6.61 Å². The molecule has 0 radical (unpaired) electrons. The lowest BCUT2D eigenvalue weighted by atomic mass is 10.2. The second-order valence-corrected chi connectivity index (χ2v) is 4.80. The molecule has 0 aliphatic carbocycles. The summed E-state index contributed by atoms with van der Waals surface area (Å²) in [5, 5.41) is 11.7. The Labute approximate surface area is 123 Å². The molecule has 0 saturated heterocycles. The van der Waals surface area contributed by atoms with Gasteiger partial charge in [0.2, 0.25) is 0 Å². The number of rotatable bonds is 3. The van der Waals surface area contributed by atoms with Crippen molar-refractivity contribution in [3.8, 4) is 0 Å². The molecule has 1 aliphatic heterocycles. The summed E-state index contributed by atoms with van der Waals surface area (Å²) in [5.74, 6) is 0. The van der Waals surface area contributed by atoms with Gasteiger partial charge in [-0.3, -0.25) is 0 Å². The highest BCUT2D eigenvalue weighted by Gasteiger charge is 2.20. The Bertz CT molecular complexity index is 516. The minimum Gasteiger partial charge on any atom is -0.465 e. The number of benzene rings is 1. The first-order chi connectivity index (χ1) is 10.1. The maximum atomic E-state index is 11.7. The van der Waals surface area contributed by atoms with Gasteiger partial charge in [0.05, 0.1) is 6.04 Å².